The van der Waals surface area contributed by atoms with Gasteiger partial charge in [-0.05, 0) is 37.3 Å². The van der Waals surface area contributed by atoms with Crippen molar-refractivity contribution in [3.63, 3.8) is 0 Å². The molecule has 5 heteroatoms. The zero-order valence-electron chi connectivity index (χ0n) is 13.5. The molecule has 3 aromatic rings. The molecule has 3 rings (SSSR count). The highest BCUT2D eigenvalue weighted by atomic mass is 32.1. The molecular weight excluding hydrogens is 322 g/mol. The summed E-state index contributed by atoms with van der Waals surface area (Å²) in [5, 5.41) is 0.779. The Morgan fingerprint density at radius 1 is 1.25 bits per heavy atom. The van der Waals surface area contributed by atoms with Crippen LogP contribution >= 0.6 is 11.3 Å². The first-order valence-corrected chi connectivity index (χ1v) is 8.31. The molecule has 0 saturated carbocycles. The molecule has 0 aliphatic rings. The normalized spacial score (nSPS) is 11.1. The van der Waals surface area contributed by atoms with Gasteiger partial charge in [-0.3, -0.25) is 0 Å². The maximum Gasteiger partial charge on any atom is 0.331 e. The number of aryl methyl sites for hydroxylation is 1. The number of hydrogen-bond donors (Lipinski definition) is 0. The number of thiazole rings is 1. The highest BCUT2D eigenvalue weighted by molar-refractivity contribution is 7.19. The van der Waals surface area contributed by atoms with Gasteiger partial charge in [0.15, 0.2) is 0 Å². The molecule has 24 heavy (non-hydrogen) atoms. The topological polar surface area (TPSA) is 48.4 Å². The molecule has 1 aromatic heterocycles. The van der Waals surface area contributed by atoms with E-state index in [4.69, 9.17) is 9.47 Å². The number of para-hydroxylation sites is 1. The van der Waals surface area contributed by atoms with Gasteiger partial charge in [-0.15, -0.1) is 11.3 Å². The van der Waals surface area contributed by atoms with Gasteiger partial charge in [-0.1, -0.05) is 23.8 Å². The average Bonchev–Trinajstić information content (AvgIpc) is 3.01. The number of carbonyl (C=O) groups is 1. The molecule has 2 aromatic carbocycles. The maximum atomic E-state index is 11.9. The number of benzene rings is 2. The minimum absolute atomic E-state index is 0.174. The highest BCUT2D eigenvalue weighted by Crippen LogP contribution is 2.23. The molecule has 1 heterocycles. The quantitative estimate of drug-likeness (QED) is 0.511. The number of carbonyl (C=O) groups excluding carboxylic acids is 1. The average molecular weight is 339 g/mol. The zero-order chi connectivity index (χ0) is 16.9. The van der Waals surface area contributed by atoms with Crippen molar-refractivity contribution in [2.24, 2.45) is 0 Å². The summed E-state index contributed by atoms with van der Waals surface area (Å²) in [4.78, 5) is 16.4. The Hall–Kier alpha value is -2.66. The molecule has 0 fully saturated rings. The van der Waals surface area contributed by atoms with Gasteiger partial charge in [0.05, 0.1) is 17.3 Å². The molecule has 0 radical (unpaired) electrons. The van der Waals surface area contributed by atoms with Gasteiger partial charge in [-0.2, -0.15) is 0 Å². The summed E-state index contributed by atoms with van der Waals surface area (Å²) in [5.74, 6) is 0.307. The van der Waals surface area contributed by atoms with Crippen LogP contribution in [0.25, 0.3) is 16.3 Å². The smallest absolute Gasteiger partial charge is 0.331 e. The van der Waals surface area contributed by atoms with Crippen LogP contribution in [0.5, 0.6) is 5.75 Å². The zero-order valence-corrected chi connectivity index (χ0v) is 14.3. The lowest BCUT2D eigenvalue weighted by molar-refractivity contribution is -0.138. The fraction of sp³-hybridized carbons (Fsp3) is 0.158. The molecule has 0 amide bonds. The van der Waals surface area contributed by atoms with Crippen LogP contribution in [-0.4, -0.2) is 18.1 Å². The van der Waals surface area contributed by atoms with Gasteiger partial charge in [0.1, 0.15) is 17.4 Å². The monoisotopic (exact) mass is 339 g/mol. The number of methoxy groups -OCH3 is 1. The molecule has 0 atom stereocenters. The summed E-state index contributed by atoms with van der Waals surface area (Å²) in [6.45, 7) is 2.16. The van der Waals surface area contributed by atoms with Crippen LogP contribution in [0.1, 0.15) is 16.1 Å². The second-order valence-electron chi connectivity index (χ2n) is 5.28. The summed E-state index contributed by atoms with van der Waals surface area (Å²) in [6.07, 6.45) is 3.08. The van der Waals surface area contributed by atoms with Gasteiger partial charge >= 0.3 is 5.97 Å². The third kappa shape index (κ3) is 3.81. The summed E-state index contributed by atoms with van der Waals surface area (Å²) < 4.78 is 11.7. The van der Waals surface area contributed by atoms with Crippen molar-refractivity contribution in [3.05, 3.63) is 64.7 Å². The Labute approximate surface area is 144 Å². The molecule has 0 aliphatic heterocycles. The van der Waals surface area contributed by atoms with Crippen molar-refractivity contribution in [2.75, 3.05) is 7.11 Å². The summed E-state index contributed by atoms with van der Waals surface area (Å²) in [6, 6.07) is 13.6. The van der Waals surface area contributed by atoms with Gasteiger partial charge in [0, 0.05) is 11.6 Å². The van der Waals surface area contributed by atoms with E-state index in [1.54, 1.807) is 13.2 Å². The summed E-state index contributed by atoms with van der Waals surface area (Å²) >= 11 is 1.54. The van der Waals surface area contributed by atoms with Crippen LogP contribution in [0, 0.1) is 6.92 Å². The van der Waals surface area contributed by atoms with E-state index in [2.05, 4.69) is 4.98 Å². The Morgan fingerprint density at radius 2 is 2.08 bits per heavy atom. The molecule has 0 bridgehead atoms. The fourth-order valence-electron chi connectivity index (χ4n) is 2.32. The van der Waals surface area contributed by atoms with Crippen molar-refractivity contribution < 1.29 is 14.3 Å². The summed E-state index contributed by atoms with van der Waals surface area (Å²) in [7, 11) is 1.60. The number of esters is 1. The van der Waals surface area contributed by atoms with E-state index in [0.717, 1.165) is 26.4 Å². The molecule has 0 unspecified atom stereocenters. The van der Waals surface area contributed by atoms with Crippen LogP contribution in [-0.2, 0) is 16.1 Å². The standard InChI is InChI=1S/C19H17NO3S/c1-13-7-8-16(22-2)14(11-13)12-23-19(21)10-9-18-20-15-5-3-4-6-17(15)24-18/h3-11H,12H2,1-2H3/b10-9+. The Balaban J connectivity index is 1.64. The van der Waals surface area contributed by atoms with Crippen molar-refractivity contribution in [2.45, 2.75) is 13.5 Å². The first-order chi connectivity index (χ1) is 11.7. The predicted molar refractivity (Wildman–Crippen MR) is 96.2 cm³/mol. The van der Waals surface area contributed by atoms with Crippen LogP contribution in [0.15, 0.2) is 48.5 Å². The number of rotatable bonds is 5. The molecule has 0 aliphatic carbocycles. The van der Waals surface area contributed by atoms with Gasteiger partial charge in [0.25, 0.3) is 0 Å². The molecule has 0 N–H and O–H groups in total. The van der Waals surface area contributed by atoms with Crippen molar-refractivity contribution in [3.8, 4) is 5.75 Å². The number of nitrogens with zero attached hydrogens (tertiary/aromatic N) is 1. The van der Waals surface area contributed by atoms with Crippen molar-refractivity contribution in [1.29, 1.82) is 0 Å². The van der Waals surface area contributed by atoms with E-state index in [0.29, 0.717) is 5.75 Å². The fourth-order valence-corrected chi connectivity index (χ4v) is 3.19. The Morgan fingerprint density at radius 3 is 2.88 bits per heavy atom. The first kappa shape index (κ1) is 16.2. The third-order valence-electron chi connectivity index (χ3n) is 3.48. The SMILES string of the molecule is COc1ccc(C)cc1COC(=O)/C=C/c1nc2ccccc2s1. The Kier molecular flexibility index (Phi) is 4.91. The van der Waals surface area contributed by atoms with E-state index in [1.165, 1.54) is 17.4 Å². The molecule has 4 nitrogen and oxygen atoms in total. The van der Waals surface area contributed by atoms with Crippen LogP contribution in [0.4, 0.5) is 0 Å². The number of ether oxygens (including phenoxy) is 2. The van der Waals surface area contributed by atoms with Crippen LogP contribution in [0.2, 0.25) is 0 Å². The lowest BCUT2D eigenvalue weighted by atomic mass is 10.1. The predicted octanol–water partition coefficient (Wildman–Crippen LogP) is 4.37. The van der Waals surface area contributed by atoms with E-state index >= 15 is 0 Å². The minimum Gasteiger partial charge on any atom is -0.496 e. The van der Waals surface area contributed by atoms with Gasteiger partial charge in [-0.25, -0.2) is 9.78 Å². The summed E-state index contributed by atoms with van der Waals surface area (Å²) in [5.41, 5.74) is 2.87. The second kappa shape index (κ2) is 7.27. The van der Waals surface area contributed by atoms with Crippen LogP contribution in [0.3, 0.4) is 0 Å². The lowest BCUT2D eigenvalue weighted by Gasteiger charge is -2.09. The van der Waals surface area contributed by atoms with E-state index in [1.807, 2.05) is 49.4 Å². The first-order valence-electron chi connectivity index (χ1n) is 7.49. The number of hydrogen-bond acceptors (Lipinski definition) is 5. The number of aromatic nitrogens is 1. The van der Waals surface area contributed by atoms with Crippen molar-refractivity contribution in [1.82, 2.24) is 4.98 Å². The van der Waals surface area contributed by atoms with E-state index in [-0.39, 0.29) is 6.61 Å². The van der Waals surface area contributed by atoms with E-state index < -0.39 is 5.97 Å². The maximum absolute atomic E-state index is 11.9. The minimum atomic E-state index is -0.405. The largest absolute Gasteiger partial charge is 0.496 e. The third-order valence-corrected chi connectivity index (χ3v) is 4.48. The lowest BCUT2D eigenvalue weighted by Crippen LogP contribution is -2.02. The second-order valence-corrected chi connectivity index (χ2v) is 6.34. The number of fused-ring (bicyclic) bond motifs is 1. The molecular formula is C19H17NO3S. The van der Waals surface area contributed by atoms with Gasteiger partial charge < -0.3 is 9.47 Å². The van der Waals surface area contributed by atoms with Crippen LogP contribution < -0.4 is 4.74 Å². The van der Waals surface area contributed by atoms with Crippen molar-refractivity contribution >= 4 is 33.6 Å². The highest BCUT2D eigenvalue weighted by Gasteiger charge is 2.06. The van der Waals surface area contributed by atoms with Gasteiger partial charge in [0.2, 0.25) is 0 Å². The molecule has 0 saturated heterocycles. The molecule has 0 spiro atoms. The molecule has 122 valence electrons. The van der Waals surface area contributed by atoms with E-state index in [9.17, 15) is 4.79 Å². The Bertz CT molecular complexity index is 866.